The molecule has 0 saturated heterocycles. The van der Waals surface area contributed by atoms with Crippen molar-refractivity contribution in [1.29, 1.82) is 0 Å². The molecule has 2 aromatic carbocycles. The number of ether oxygens (including phenoxy) is 2. The Kier molecular flexibility index (Phi) is 7.49. The number of carbonyl (C=O) groups excluding carboxylic acids is 2. The number of carbonyl (C=O) groups is 2. The predicted octanol–water partition coefficient (Wildman–Crippen LogP) is 2.49. The summed E-state index contributed by atoms with van der Waals surface area (Å²) >= 11 is 0. The van der Waals surface area contributed by atoms with Gasteiger partial charge in [0.15, 0.2) is 11.5 Å². The zero-order valence-electron chi connectivity index (χ0n) is 15.5. The van der Waals surface area contributed by atoms with E-state index in [1.807, 2.05) is 13.8 Å². The van der Waals surface area contributed by atoms with Crippen molar-refractivity contribution < 1.29 is 24.2 Å². The highest BCUT2D eigenvalue weighted by molar-refractivity contribution is 6.39. The van der Waals surface area contributed by atoms with Gasteiger partial charge in [0.25, 0.3) is 0 Å². The zero-order valence-corrected chi connectivity index (χ0v) is 15.5. The molecule has 7 nitrogen and oxygen atoms in total. The third-order valence-corrected chi connectivity index (χ3v) is 3.64. The maximum atomic E-state index is 12.1. The first-order valence-corrected chi connectivity index (χ1v) is 8.80. The van der Waals surface area contributed by atoms with Gasteiger partial charge in [-0.2, -0.15) is 0 Å². The lowest BCUT2D eigenvalue weighted by molar-refractivity contribution is -0.136. The minimum absolute atomic E-state index is 0.184. The van der Waals surface area contributed by atoms with Gasteiger partial charge >= 0.3 is 11.8 Å². The van der Waals surface area contributed by atoms with E-state index in [0.29, 0.717) is 43.4 Å². The van der Waals surface area contributed by atoms with E-state index < -0.39 is 11.8 Å². The van der Waals surface area contributed by atoms with E-state index in [1.54, 1.807) is 42.5 Å². The van der Waals surface area contributed by atoms with E-state index in [9.17, 15) is 14.7 Å². The second-order valence-corrected chi connectivity index (χ2v) is 5.65. The van der Waals surface area contributed by atoms with Gasteiger partial charge in [0, 0.05) is 18.3 Å². The molecule has 0 bridgehead atoms. The molecule has 2 amide bonds. The van der Waals surface area contributed by atoms with Crippen molar-refractivity contribution in [3.63, 3.8) is 0 Å². The van der Waals surface area contributed by atoms with E-state index in [0.717, 1.165) is 5.56 Å². The Labute approximate surface area is 158 Å². The van der Waals surface area contributed by atoms with Crippen LogP contribution in [0.4, 0.5) is 5.69 Å². The summed E-state index contributed by atoms with van der Waals surface area (Å²) in [6, 6.07) is 11.6. The lowest BCUT2D eigenvalue weighted by atomic mass is 10.1. The van der Waals surface area contributed by atoms with Crippen LogP contribution in [0.5, 0.6) is 17.2 Å². The summed E-state index contributed by atoms with van der Waals surface area (Å²) in [5.41, 5.74) is 1.39. The van der Waals surface area contributed by atoms with Crippen molar-refractivity contribution in [1.82, 2.24) is 5.32 Å². The first-order valence-electron chi connectivity index (χ1n) is 8.80. The molecule has 0 saturated carbocycles. The summed E-state index contributed by atoms with van der Waals surface area (Å²) in [7, 11) is 0. The van der Waals surface area contributed by atoms with Crippen LogP contribution in [-0.4, -0.2) is 36.7 Å². The van der Waals surface area contributed by atoms with Crippen molar-refractivity contribution >= 4 is 17.5 Å². The molecule has 0 heterocycles. The number of anilines is 1. The fraction of sp³-hybridized carbons (Fsp3) is 0.300. The molecule has 144 valence electrons. The van der Waals surface area contributed by atoms with E-state index in [-0.39, 0.29) is 5.75 Å². The molecule has 27 heavy (non-hydrogen) atoms. The molecule has 0 unspecified atom stereocenters. The summed E-state index contributed by atoms with van der Waals surface area (Å²) in [5, 5.41) is 14.4. The second-order valence-electron chi connectivity index (χ2n) is 5.65. The number of rotatable bonds is 8. The van der Waals surface area contributed by atoms with Gasteiger partial charge in [0.05, 0.1) is 13.2 Å². The fourth-order valence-electron chi connectivity index (χ4n) is 2.38. The largest absolute Gasteiger partial charge is 0.508 e. The lowest BCUT2D eigenvalue weighted by Crippen LogP contribution is -2.36. The van der Waals surface area contributed by atoms with E-state index in [1.165, 1.54) is 0 Å². The van der Waals surface area contributed by atoms with Gasteiger partial charge in [0.1, 0.15) is 5.75 Å². The van der Waals surface area contributed by atoms with Crippen LogP contribution in [0.2, 0.25) is 0 Å². The van der Waals surface area contributed by atoms with Gasteiger partial charge in [-0.3, -0.25) is 9.59 Å². The van der Waals surface area contributed by atoms with Crippen LogP contribution >= 0.6 is 0 Å². The molecule has 0 aliphatic carbocycles. The number of hydrogen-bond acceptors (Lipinski definition) is 5. The lowest BCUT2D eigenvalue weighted by Gasteiger charge is -2.13. The normalized spacial score (nSPS) is 10.1. The summed E-state index contributed by atoms with van der Waals surface area (Å²) in [6.45, 7) is 4.98. The average Bonchev–Trinajstić information content (AvgIpc) is 2.65. The summed E-state index contributed by atoms with van der Waals surface area (Å²) in [5.74, 6) is -0.211. The third kappa shape index (κ3) is 6.22. The van der Waals surface area contributed by atoms with E-state index in [4.69, 9.17) is 9.47 Å². The molecular weight excluding hydrogens is 348 g/mol. The predicted molar refractivity (Wildman–Crippen MR) is 102 cm³/mol. The average molecular weight is 372 g/mol. The third-order valence-electron chi connectivity index (χ3n) is 3.64. The fourth-order valence-corrected chi connectivity index (χ4v) is 2.38. The molecule has 0 fully saturated rings. The van der Waals surface area contributed by atoms with Crippen LogP contribution < -0.4 is 20.1 Å². The first-order chi connectivity index (χ1) is 13.0. The monoisotopic (exact) mass is 372 g/mol. The molecule has 0 aromatic heterocycles. The molecule has 3 N–H and O–H groups in total. The highest BCUT2D eigenvalue weighted by atomic mass is 16.5. The number of benzene rings is 2. The standard InChI is InChI=1S/C20H24N2O5/c1-3-26-17-10-7-15(13-18(17)27-4-2)22-20(25)19(24)21-12-11-14-5-8-16(23)9-6-14/h5-10,13,23H,3-4,11-12H2,1-2H3,(H,21,24)(H,22,25). The molecule has 0 aliphatic rings. The number of phenols is 1. The van der Waals surface area contributed by atoms with E-state index >= 15 is 0 Å². The number of nitrogens with one attached hydrogen (secondary N) is 2. The Morgan fingerprint density at radius 1 is 0.926 bits per heavy atom. The Morgan fingerprint density at radius 3 is 2.26 bits per heavy atom. The van der Waals surface area contributed by atoms with Crippen molar-refractivity contribution in [2.75, 3.05) is 25.1 Å². The van der Waals surface area contributed by atoms with Gasteiger partial charge in [-0.15, -0.1) is 0 Å². The van der Waals surface area contributed by atoms with Gasteiger partial charge in [-0.1, -0.05) is 12.1 Å². The maximum Gasteiger partial charge on any atom is 0.313 e. The summed E-state index contributed by atoms with van der Waals surface area (Å²) in [4.78, 5) is 24.0. The Bertz CT molecular complexity index is 774. The number of amides is 2. The molecule has 0 atom stereocenters. The van der Waals surface area contributed by atoms with Crippen LogP contribution in [0.25, 0.3) is 0 Å². The zero-order chi connectivity index (χ0) is 19.6. The summed E-state index contributed by atoms with van der Waals surface area (Å²) < 4.78 is 11.0. The van der Waals surface area contributed by atoms with Crippen LogP contribution in [-0.2, 0) is 16.0 Å². The minimum atomic E-state index is -0.757. The smallest absolute Gasteiger partial charge is 0.313 e. The highest BCUT2D eigenvalue weighted by Crippen LogP contribution is 2.30. The van der Waals surface area contributed by atoms with Gasteiger partial charge in [0.2, 0.25) is 0 Å². The Hall–Kier alpha value is -3.22. The van der Waals surface area contributed by atoms with Gasteiger partial charge < -0.3 is 25.2 Å². The van der Waals surface area contributed by atoms with Crippen LogP contribution in [0.1, 0.15) is 19.4 Å². The number of aromatic hydroxyl groups is 1. The molecule has 2 rings (SSSR count). The SMILES string of the molecule is CCOc1ccc(NC(=O)C(=O)NCCc2ccc(O)cc2)cc1OCC. The highest BCUT2D eigenvalue weighted by Gasteiger charge is 2.14. The van der Waals surface area contributed by atoms with Crippen LogP contribution in [0.15, 0.2) is 42.5 Å². The quantitative estimate of drug-likeness (QED) is 0.619. The van der Waals surface area contributed by atoms with Gasteiger partial charge in [-0.25, -0.2) is 0 Å². The maximum absolute atomic E-state index is 12.1. The molecule has 0 spiro atoms. The van der Waals surface area contributed by atoms with Crippen molar-refractivity contribution in [3.8, 4) is 17.2 Å². The molecule has 2 aromatic rings. The van der Waals surface area contributed by atoms with E-state index in [2.05, 4.69) is 10.6 Å². The Balaban J connectivity index is 1.88. The molecular formula is C20H24N2O5. The first kappa shape index (κ1) is 20.1. The molecule has 0 radical (unpaired) electrons. The number of phenolic OH excluding ortho intramolecular Hbond substituents is 1. The minimum Gasteiger partial charge on any atom is -0.508 e. The van der Waals surface area contributed by atoms with Crippen molar-refractivity contribution in [2.45, 2.75) is 20.3 Å². The van der Waals surface area contributed by atoms with Gasteiger partial charge in [-0.05, 0) is 50.1 Å². The summed E-state index contributed by atoms with van der Waals surface area (Å²) in [6.07, 6.45) is 0.552. The number of hydrogen-bond donors (Lipinski definition) is 3. The second kappa shape index (κ2) is 10.1. The molecule has 7 heteroatoms. The topological polar surface area (TPSA) is 96.9 Å². The van der Waals surface area contributed by atoms with Crippen molar-refractivity contribution in [2.24, 2.45) is 0 Å². The molecule has 0 aliphatic heterocycles. The van der Waals surface area contributed by atoms with Crippen LogP contribution in [0, 0.1) is 0 Å². The van der Waals surface area contributed by atoms with Crippen LogP contribution in [0.3, 0.4) is 0 Å². The van der Waals surface area contributed by atoms with Crippen molar-refractivity contribution in [3.05, 3.63) is 48.0 Å². The Morgan fingerprint density at radius 2 is 1.59 bits per heavy atom.